The molecule has 0 radical (unpaired) electrons. The number of imidazole rings is 1. The van der Waals surface area contributed by atoms with Crippen molar-refractivity contribution in [1.82, 2.24) is 9.97 Å². The first kappa shape index (κ1) is 9.08. The third kappa shape index (κ3) is 2.25. The van der Waals surface area contributed by atoms with Crippen molar-refractivity contribution in [2.24, 2.45) is 0 Å². The summed E-state index contributed by atoms with van der Waals surface area (Å²) < 4.78 is 1.09. The number of aromatic amines is 1. The molecule has 0 aliphatic rings. The Hall–Kier alpha value is -0.490. The first-order chi connectivity index (χ1) is 6.36. The molecule has 0 unspecified atom stereocenters. The molecule has 2 rings (SSSR count). The standard InChI is InChI=1S/C9H7IN2S/c10-8-9(12-6-11-8)13-7-4-2-1-3-5-7/h1-6H,(H,11,12). The van der Waals surface area contributed by atoms with Gasteiger partial charge in [0.15, 0.2) is 0 Å². The van der Waals surface area contributed by atoms with Crippen LogP contribution < -0.4 is 0 Å². The predicted octanol–water partition coefficient (Wildman–Crippen LogP) is 3.17. The van der Waals surface area contributed by atoms with Crippen LogP contribution in [-0.4, -0.2) is 9.97 Å². The average molecular weight is 302 g/mol. The maximum atomic E-state index is 4.21. The van der Waals surface area contributed by atoms with Crippen LogP contribution in [0.2, 0.25) is 0 Å². The van der Waals surface area contributed by atoms with Gasteiger partial charge in [0.2, 0.25) is 0 Å². The van der Waals surface area contributed by atoms with Gasteiger partial charge in [0.25, 0.3) is 0 Å². The number of H-pyrrole nitrogens is 1. The lowest BCUT2D eigenvalue weighted by molar-refractivity contribution is 1.18. The highest BCUT2D eigenvalue weighted by Crippen LogP contribution is 2.28. The number of nitrogens with one attached hydrogen (secondary N) is 1. The molecule has 0 aliphatic heterocycles. The molecule has 1 heterocycles. The van der Waals surface area contributed by atoms with Crippen LogP contribution in [0, 0.1) is 3.70 Å². The molecule has 0 fully saturated rings. The Morgan fingerprint density at radius 2 is 2.00 bits per heavy atom. The normalized spacial score (nSPS) is 10.2. The van der Waals surface area contributed by atoms with Crippen molar-refractivity contribution < 1.29 is 0 Å². The molecule has 0 spiro atoms. The van der Waals surface area contributed by atoms with Gasteiger partial charge in [0, 0.05) is 4.90 Å². The smallest absolute Gasteiger partial charge is 0.132 e. The van der Waals surface area contributed by atoms with Gasteiger partial charge in [-0.05, 0) is 34.7 Å². The Bertz CT molecular complexity index is 386. The predicted molar refractivity (Wildman–Crippen MR) is 61.9 cm³/mol. The molecule has 13 heavy (non-hydrogen) atoms. The Morgan fingerprint density at radius 3 is 2.62 bits per heavy atom. The average Bonchev–Trinajstić information content (AvgIpc) is 2.54. The summed E-state index contributed by atoms with van der Waals surface area (Å²) in [5.74, 6) is 0. The summed E-state index contributed by atoms with van der Waals surface area (Å²) in [4.78, 5) is 8.47. The lowest BCUT2D eigenvalue weighted by atomic mass is 10.4. The van der Waals surface area contributed by atoms with E-state index in [1.165, 1.54) is 4.90 Å². The van der Waals surface area contributed by atoms with Gasteiger partial charge in [-0.25, -0.2) is 4.98 Å². The van der Waals surface area contributed by atoms with E-state index < -0.39 is 0 Å². The minimum Gasteiger partial charge on any atom is -0.339 e. The van der Waals surface area contributed by atoms with Gasteiger partial charge in [-0.3, -0.25) is 0 Å². The first-order valence-electron chi connectivity index (χ1n) is 3.78. The summed E-state index contributed by atoms with van der Waals surface area (Å²) in [6.45, 7) is 0. The molecule has 1 N–H and O–H groups in total. The second kappa shape index (κ2) is 4.15. The van der Waals surface area contributed by atoms with Crippen LogP contribution in [0.1, 0.15) is 0 Å². The van der Waals surface area contributed by atoms with Gasteiger partial charge in [-0.15, -0.1) is 0 Å². The van der Waals surface area contributed by atoms with Crippen LogP contribution >= 0.6 is 34.4 Å². The van der Waals surface area contributed by atoms with Crippen molar-refractivity contribution in [3.63, 3.8) is 0 Å². The van der Waals surface area contributed by atoms with Gasteiger partial charge in [0.05, 0.1) is 6.33 Å². The highest BCUT2D eigenvalue weighted by Gasteiger charge is 2.03. The molecular formula is C9H7IN2S. The summed E-state index contributed by atoms with van der Waals surface area (Å²) in [7, 11) is 0. The van der Waals surface area contributed by atoms with Crippen LogP contribution in [-0.2, 0) is 0 Å². The van der Waals surface area contributed by atoms with Gasteiger partial charge in [-0.2, -0.15) is 0 Å². The van der Waals surface area contributed by atoms with Crippen LogP contribution in [0.5, 0.6) is 0 Å². The Balaban J connectivity index is 2.20. The second-order valence-electron chi connectivity index (χ2n) is 2.44. The number of hydrogen-bond donors (Lipinski definition) is 1. The Labute approximate surface area is 94.3 Å². The SMILES string of the molecule is Ic1[nH]cnc1Sc1ccccc1. The zero-order valence-electron chi connectivity index (χ0n) is 6.70. The van der Waals surface area contributed by atoms with E-state index in [1.54, 1.807) is 18.1 Å². The summed E-state index contributed by atoms with van der Waals surface area (Å²) >= 11 is 3.91. The number of rotatable bonds is 2. The molecule has 0 aliphatic carbocycles. The quantitative estimate of drug-likeness (QED) is 0.863. The van der Waals surface area contributed by atoms with E-state index in [9.17, 15) is 0 Å². The number of benzene rings is 1. The number of aromatic nitrogens is 2. The lowest BCUT2D eigenvalue weighted by Gasteiger charge is -1.96. The van der Waals surface area contributed by atoms with Crippen molar-refractivity contribution in [2.75, 3.05) is 0 Å². The van der Waals surface area contributed by atoms with Crippen molar-refractivity contribution in [2.45, 2.75) is 9.92 Å². The van der Waals surface area contributed by atoms with E-state index in [0.29, 0.717) is 0 Å². The second-order valence-corrected chi connectivity index (χ2v) is 4.58. The third-order valence-corrected chi connectivity index (χ3v) is 3.72. The minimum atomic E-state index is 1.03. The van der Waals surface area contributed by atoms with Crippen molar-refractivity contribution in [3.8, 4) is 0 Å². The highest BCUT2D eigenvalue weighted by atomic mass is 127. The summed E-state index contributed by atoms with van der Waals surface area (Å²) in [6, 6.07) is 10.2. The largest absolute Gasteiger partial charge is 0.339 e. The molecule has 1 aromatic carbocycles. The van der Waals surface area contributed by atoms with Gasteiger partial charge in [0.1, 0.15) is 8.73 Å². The maximum absolute atomic E-state index is 4.21. The highest BCUT2D eigenvalue weighted by molar-refractivity contribution is 14.1. The zero-order valence-corrected chi connectivity index (χ0v) is 9.67. The topological polar surface area (TPSA) is 28.7 Å². The molecular weight excluding hydrogens is 295 g/mol. The maximum Gasteiger partial charge on any atom is 0.132 e. The molecule has 0 saturated heterocycles. The lowest BCUT2D eigenvalue weighted by Crippen LogP contribution is -1.75. The fourth-order valence-corrected chi connectivity index (χ4v) is 2.32. The van der Waals surface area contributed by atoms with E-state index in [0.717, 1.165) is 8.73 Å². The molecule has 1 aromatic heterocycles. The van der Waals surface area contributed by atoms with Crippen LogP contribution in [0.25, 0.3) is 0 Å². The van der Waals surface area contributed by atoms with E-state index in [2.05, 4.69) is 44.7 Å². The van der Waals surface area contributed by atoms with Gasteiger partial charge < -0.3 is 4.98 Å². The van der Waals surface area contributed by atoms with Crippen molar-refractivity contribution in [3.05, 3.63) is 40.4 Å². The Kier molecular flexibility index (Phi) is 2.90. The number of nitrogens with zero attached hydrogens (tertiary/aromatic N) is 1. The van der Waals surface area contributed by atoms with Gasteiger partial charge in [-0.1, -0.05) is 30.0 Å². The van der Waals surface area contributed by atoms with E-state index in [4.69, 9.17) is 0 Å². The summed E-state index contributed by atoms with van der Waals surface area (Å²) in [6.07, 6.45) is 1.72. The fourth-order valence-electron chi connectivity index (χ4n) is 0.937. The summed E-state index contributed by atoms with van der Waals surface area (Å²) in [5.41, 5.74) is 0. The molecule has 0 atom stereocenters. The molecule has 0 bridgehead atoms. The monoisotopic (exact) mass is 302 g/mol. The fraction of sp³-hybridized carbons (Fsp3) is 0. The molecule has 0 amide bonds. The molecule has 2 aromatic rings. The zero-order chi connectivity index (χ0) is 9.10. The van der Waals surface area contributed by atoms with Gasteiger partial charge >= 0.3 is 0 Å². The first-order valence-corrected chi connectivity index (χ1v) is 5.67. The molecule has 0 saturated carbocycles. The van der Waals surface area contributed by atoms with E-state index >= 15 is 0 Å². The van der Waals surface area contributed by atoms with E-state index in [1.807, 2.05) is 18.2 Å². The van der Waals surface area contributed by atoms with Crippen molar-refractivity contribution in [1.29, 1.82) is 0 Å². The minimum absolute atomic E-state index is 1.03. The molecule has 2 nitrogen and oxygen atoms in total. The summed E-state index contributed by atoms with van der Waals surface area (Å²) in [5, 5.41) is 1.03. The van der Waals surface area contributed by atoms with E-state index in [-0.39, 0.29) is 0 Å². The van der Waals surface area contributed by atoms with Crippen LogP contribution in [0.3, 0.4) is 0 Å². The Morgan fingerprint density at radius 1 is 1.23 bits per heavy atom. The van der Waals surface area contributed by atoms with Crippen LogP contribution in [0.15, 0.2) is 46.6 Å². The molecule has 4 heteroatoms. The number of halogens is 1. The molecule has 66 valence electrons. The van der Waals surface area contributed by atoms with Crippen LogP contribution in [0.4, 0.5) is 0 Å². The number of hydrogen-bond acceptors (Lipinski definition) is 2. The third-order valence-electron chi connectivity index (χ3n) is 1.52. The van der Waals surface area contributed by atoms with Crippen molar-refractivity contribution >= 4 is 34.4 Å².